The summed E-state index contributed by atoms with van der Waals surface area (Å²) >= 11 is 1.87. The molecule has 0 saturated heterocycles. The van der Waals surface area contributed by atoms with E-state index in [1.165, 1.54) is 24.2 Å². The minimum atomic E-state index is 1.30. The molecule has 0 spiro atoms. The minimum Gasteiger partial charge on any atom is -0.129 e. The van der Waals surface area contributed by atoms with Gasteiger partial charge in [-0.15, -0.1) is 11.8 Å². The Morgan fingerprint density at radius 3 is 3.00 bits per heavy atom. The Bertz CT molecular complexity index is 266. The summed E-state index contributed by atoms with van der Waals surface area (Å²) in [6.45, 7) is 0. The largest absolute Gasteiger partial charge is 0.129 e. The minimum absolute atomic E-state index is 1.30. The standard InChI is InChI=1S/C10H12S/c1-11-10-7-3-5-8-4-2-6-9(8)10/h3,5,7H,2,4,6H2,1H3. The van der Waals surface area contributed by atoms with Gasteiger partial charge in [0.15, 0.2) is 0 Å². The normalized spacial score (nSPS) is 15.0. The lowest BCUT2D eigenvalue weighted by Gasteiger charge is -2.03. The van der Waals surface area contributed by atoms with Gasteiger partial charge in [-0.05, 0) is 42.7 Å². The molecule has 0 amide bonds. The molecule has 0 bridgehead atoms. The number of fused-ring (bicyclic) bond motifs is 1. The predicted octanol–water partition coefficient (Wildman–Crippen LogP) is 2.90. The summed E-state index contributed by atoms with van der Waals surface area (Å²) in [5.41, 5.74) is 3.19. The molecule has 2 rings (SSSR count). The van der Waals surface area contributed by atoms with Crippen LogP contribution in [0, 0.1) is 0 Å². The highest BCUT2D eigenvalue weighted by Crippen LogP contribution is 2.30. The van der Waals surface area contributed by atoms with Crippen LogP contribution in [0.25, 0.3) is 0 Å². The first-order chi connectivity index (χ1) is 5.42. The molecule has 1 heteroatoms. The molecule has 1 aromatic rings. The van der Waals surface area contributed by atoms with Crippen LogP contribution in [0.4, 0.5) is 0 Å². The fourth-order valence-corrected chi connectivity index (χ4v) is 2.47. The Morgan fingerprint density at radius 2 is 2.18 bits per heavy atom. The highest BCUT2D eigenvalue weighted by molar-refractivity contribution is 7.98. The van der Waals surface area contributed by atoms with Crippen LogP contribution in [0.3, 0.4) is 0 Å². The zero-order chi connectivity index (χ0) is 7.68. The van der Waals surface area contributed by atoms with E-state index < -0.39 is 0 Å². The molecule has 0 fully saturated rings. The lowest BCUT2D eigenvalue weighted by Crippen LogP contribution is -1.84. The number of aryl methyl sites for hydroxylation is 1. The molecule has 0 N–H and O–H groups in total. The fourth-order valence-electron chi connectivity index (χ4n) is 1.78. The molecule has 0 heterocycles. The lowest BCUT2D eigenvalue weighted by atomic mass is 10.1. The molecule has 0 nitrogen and oxygen atoms in total. The third kappa shape index (κ3) is 1.18. The maximum absolute atomic E-state index is 2.27. The monoisotopic (exact) mass is 164 g/mol. The maximum atomic E-state index is 2.27. The highest BCUT2D eigenvalue weighted by atomic mass is 32.2. The molecule has 1 aliphatic rings. The van der Waals surface area contributed by atoms with Gasteiger partial charge >= 0.3 is 0 Å². The summed E-state index contributed by atoms with van der Waals surface area (Å²) in [6, 6.07) is 6.67. The van der Waals surface area contributed by atoms with Gasteiger partial charge in [-0.25, -0.2) is 0 Å². The molecule has 1 aliphatic carbocycles. The van der Waals surface area contributed by atoms with Gasteiger partial charge in [0.25, 0.3) is 0 Å². The Hall–Kier alpha value is -0.430. The first kappa shape index (κ1) is 7.23. The van der Waals surface area contributed by atoms with Crippen LogP contribution in [0.15, 0.2) is 23.1 Å². The molecule has 58 valence electrons. The first-order valence-corrected chi connectivity index (χ1v) is 5.29. The van der Waals surface area contributed by atoms with Gasteiger partial charge in [0.05, 0.1) is 0 Å². The van der Waals surface area contributed by atoms with Crippen molar-refractivity contribution in [3.05, 3.63) is 29.3 Å². The maximum Gasteiger partial charge on any atom is 0.0104 e. The van der Waals surface area contributed by atoms with Crippen molar-refractivity contribution >= 4 is 11.8 Å². The molecule has 0 aliphatic heterocycles. The molecular formula is C10H12S. The van der Waals surface area contributed by atoms with Crippen molar-refractivity contribution in [3.8, 4) is 0 Å². The summed E-state index contributed by atoms with van der Waals surface area (Å²) in [4.78, 5) is 1.49. The topological polar surface area (TPSA) is 0 Å². The zero-order valence-electron chi connectivity index (χ0n) is 6.76. The average molecular weight is 164 g/mol. The van der Waals surface area contributed by atoms with Crippen molar-refractivity contribution in [3.63, 3.8) is 0 Å². The smallest absolute Gasteiger partial charge is 0.0104 e. The van der Waals surface area contributed by atoms with Crippen molar-refractivity contribution in [2.45, 2.75) is 24.2 Å². The van der Waals surface area contributed by atoms with Gasteiger partial charge < -0.3 is 0 Å². The second kappa shape index (κ2) is 2.90. The van der Waals surface area contributed by atoms with Crippen molar-refractivity contribution in [1.29, 1.82) is 0 Å². The molecule has 0 saturated carbocycles. The number of benzene rings is 1. The van der Waals surface area contributed by atoms with Crippen molar-refractivity contribution < 1.29 is 0 Å². The molecule has 11 heavy (non-hydrogen) atoms. The van der Waals surface area contributed by atoms with Crippen LogP contribution < -0.4 is 0 Å². The highest BCUT2D eigenvalue weighted by Gasteiger charge is 2.12. The van der Waals surface area contributed by atoms with Crippen LogP contribution >= 0.6 is 11.8 Å². The molecule has 0 unspecified atom stereocenters. The summed E-state index contributed by atoms with van der Waals surface area (Å²) in [5.74, 6) is 0. The summed E-state index contributed by atoms with van der Waals surface area (Å²) < 4.78 is 0. The fraction of sp³-hybridized carbons (Fsp3) is 0.400. The number of rotatable bonds is 1. The Kier molecular flexibility index (Phi) is 1.91. The Balaban J connectivity index is 2.50. The second-order valence-corrected chi connectivity index (χ2v) is 3.80. The molecule has 0 aromatic heterocycles. The van der Waals surface area contributed by atoms with E-state index in [0.717, 1.165) is 0 Å². The predicted molar refractivity (Wildman–Crippen MR) is 50.2 cm³/mol. The van der Waals surface area contributed by atoms with Crippen LogP contribution in [-0.2, 0) is 12.8 Å². The van der Waals surface area contributed by atoms with Crippen molar-refractivity contribution in [1.82, 2.24) is 0 Å². The van der Waals surface area contributed by atoms with E-state index >= 15 is 0 Å². The third-order valence-electron chi connectivity index (χ3n) is 2.32. The van der Waals surface area contributed by atoms with E-state index in [9.17, 15) is 0 Å². The first-order valence-electron chi connectivity index (χ1n) is 4.06. The van der Waals surface area contributed by atoms with E-state index in [-0.39, 0.29) is 0 Å². The second-order valence-electron chi connectivity index (χ2n) is 2.95. The lowest BCUT2D eigenvalue weighted by molar-refractivity contribution is 0.906. The van der Waals surface area contributed by atoms with Gasteiger partial charge in [-0.2, -0.15) is 0 Å². The van der Waals surface area contributed by atoms with E-state index in [1.807, 2.05) is 11.8 Å². The quantitative estimate of drug-likeness (QED) is 0.575. The Labute approximate surface area is 72.0 Å². The van der Waals surface area contributed by atoms with Crippen molar-refractivity contribution in [2.75, 3.05) is 6.26 Å². The van der Waals surface area contributed by atoms with Gasteiger partial charge in [0.1, 0.15) is 0 Å². The van der Waals surface area contributed by atoms with Crippen molar-refractivity contribution in [2.24, 2.45) is 0 Å². The van der Waals surface area contributed by atoms with Gasteiger partial charge in [-0.1, -0.05) is 12.1 Å². The molecule has 0 radical (unpaired) electrons. The van der Waals surface area contributed by atoms with Gasteiger partial charge in [0.2, 0.25) is 0 Å². The number of thioether (sulfide) groups is 1. The van der Waals surface area contributed by atoms with E-state index in [4.69, 9.17) is 0 Å². The SMILES string of the molecule is CSc1cccc2c1CCC2. The van der Waals surface area contributed by atoms with E-state index in [1.54, 1.807) is 11.1 Å². The van der Waals surface area contributed by atoms with Crippen LogP contribution in [0.2, 0.25) is 0 Å². The third-order valence-corrected chi connectivity index (χ3v) is 3.15. The Morgan fingerprint density at radius 1 is 1.27 bits per heavy atom. The van der Waals surface area contributed by atoms with Crippen LogP contribution in [0.1, 0.15) is 17.5 Å². The zero-order valence-corrected chi connectivity index (χ0v) is 7.58. The van der Waals surface area contributed by atoms with Gasteiger partial charge in [-0.3, -0.25) is 0 Å². The molecule has 0 atom stereocenters. The number of hydrogen-bond donors (Lipinski definition) is 0. The van der Waals surface area contributed by atoms with Crippen LogP contribution in [0.5, 0.6) is 0 Å². The van der Waals surface area contributed by atoms with E-state index in [0.29, 0.717) is 0 Å². The van der Waals surface area contributed by atoms with Gasteiger partial charge in [0, 0.05) is 4.90 Å². The number of hydrogen-bond acceptors (Lipinski definition) is 1. The summed E-state index contributed by atoms with van der Waals surface area (Å²) in [5, 5.41) is 0. The van der Waals surface area contributed by atoms with Crippen LogP contribution in [-0.4, -0.2) is 6.26 Å². The molecular weight excluding hydrogens is 152 g/mol. The average Bonchev–Trinajstić information content (AvgIpc) is 2.50. The summed E-state index contributed by atoms with van der Waals surface area (Å²) in [6.07, 6.45) is 6.11. The molecule has 1 aromatic carbocycles. The summed E-state index contributed by atoms with van der Waals surface area (Å²) in [7, 11) is 0. The van der Waals surface area contributed by atoms with E-state index in [2.05, 4.69) is 24.5 Å².